The maximum absolute atomic E-state index is 5.09. The van der Waals surface area contributed by atoms with Gasteiger partial charge in [0.15, 0.2) is 0 Å². The van der Waals surface area contributed by atoms with Gasteiger partial charge in [-0.1, -0.05) is 71.9 Å². The quantitative estimate of drug-likeness (QED) is 0.397. The van der Waals surface area contributed by atoms with Crippen LogP contribution in [0.4, 0.5) is 0 Å². The van der Waals surface area contributed by atoms with Gasteiger partial charge < -0.3 is 0 Å². The van der Waals surface area contributed by atoms with Crippen LogP contribution in [0.15, 0.2) is 35.3 Å². The fourth-order valence-electron chi connectivity index (χ4n) is 4.75. The number of benzene rings is 1. The molecular weight excluding hydrogens is 330 g/mol. The normalized spacial score (nSPS) is 18.3. The van der Waals surface area contributed by atoms with Crippen LogP contribution >= 0.6 is 0 Å². The van der Waals surface area contributed by atoms with Crippen molar-refractivity contribution in [1.82, 2.24) is 0 Å². The second kappa shape index (κ2) is 8.13. The highest BCUT2D eigenvalue weighted by Gasteiger charge is 2.42. The Labute approximate surface area is 162 Å². The third-order valence-corrected chi connectivity index (χ3v) is 12.7. The summed E-state index contributed by atoms with van der Waals surface area (Å²) >= 11 is 0. The molecule has 1 aliphatic heterocycles. The van der Waals surface area contributed by atoms with E-state index < -0.39 is 8.07 Å². The molecule has 0 amide bonds. The summed E-state index contributed by atoms with van der Waals surface area (Å²) in [6.45, 7) is 18.9. The Morgan fingerprint density at radius 3 is 2.00 bits per heavy atom. The highest BCUT2D eigenvalue weighted by Crippen LogP contribution is 2.41. The molecule has 1 atom stereocenters. The fourth-order valence-corrected chi connectivity index (χ4v) is 10.2. The van der Waals surface area contributed by atoms with Gasteiger partial charge in [-0.25, -0.2) is 0 Å². The number of hydrogen-bond donors (Lipinski definition) is 0. The first-order valence-electron chi connectivity index (χ1n) is 10.3. The summed E-state index contributed by atoms with van der Waals surface area (Å²) < 4.78 is 0. The standard InChI is InChI=1S/C24H37NSi/c1-18(2)26(19(3)4,20(5)6)17-16-24(7,8)23-15-14-22(25-23)21-12-10-9-11-13-21/h9-13,18-20,23H,14-15H2,1-8H3. The van der Waals surface area contributed by atoms with Crippen LogP contribution < -0.4 is 0 Å². The molecule has 1 aliphatic rings. The highest BCUT2D eigenvalue weighted by molar-refractivity contribution is 6.90. The van der Waals surface area contributed by atoms with E-state index in [2.05, 4.69) is 97.2 Å². The smallest absolute Gasteiger partial charge is 0.145 e. The number of aliphatic imine (C=N–C) groups is 1. The Bertz CT molecular complexity index is 664. The molecule has 0 saturated heterocycles. The van der Waals surface area contributed by atoms with Crippen molar-refractivity contribution in [1.29, 1.82) is 0 Å². The summed E-state index contributed by atoms with van der Waals surface area (Å²) in [6, 6.07) is 10.9. The first-order chi connectivity index (χ1) is 12.1. The summed E-state index contributed by atoms with van der Waals surface area (Å²) in [5.74, 6) is 3.76. The maximum atomic E-state index is 5.09. The zero-order valence-electron chi connectivity index (χ0n) is 18.1. The predicted octanol–water partition coefficient (Wildman–Crippen LogP) is 6.89. The Kier molecular flexibility index (Phi) is 6.56. The van der Waals surface area contributed by atoms with Gasteiger partial charge in [0.2, 0.25) is 0 Å². The average Bonchev–Trinajstić information content (AvgIpc) is 3.06. The van der Waals surface area contributed by atoms with E-state index in [0.717, 1.165) is 12.8 Å². The molecule has 1 unspecified atom stereocenters. The molecule has 0 spiro atoms. The SMILES string of the molecule is CC(C)[Si](C#CC(C)(C)C1CCC(c2ccccc2)=N1)(C(C)C)C(C)C. The van der Waals surface area contributed by atoms with E-state index in [0.29, 0.717) is 22.7 Å². The van der Waals surface area contributed by atoms with E-state index in [9.17, 15) is 0 Å². The molecule has 0 fully saturated rings. The van der Waals surface area contributed by atoms with Gasteiger partial charge in [-0.05, 0) is 48.9 Å². The van der Waals surface area contributed by atoms with Crippen LogP contribution in [0.1, 0.15) is 73.8 Å². The molecule has 1 aromatic rings. The molecule has 26 heavy (non-hydrogen) atoms. The minimum absolute atomic E-state index is 0.0621. The molecule has 1 aromatic carbocycles. The number of rotatable bonds is 5. The third-order valence-electron chi connectivity index (χ3n) is 6.37. The van der Waals surface area contributed by atoms with E-state index in [4.69, 9.17) is 4.99 Å². The average molecular weight is 368 g/mol. The van der Waals surface area contributed by atoms with Crippen LogP contribution in [0.3, 0.4) is 0 Å². The van der Waals surface area contributed by atoms with Crippen molar-refractivity contribution in [2.45, 2.75) is 90.9 Å². The Morgan fingerprint density at radius 1 is 0.962 bits per heavy atom. The van der Waals surface area contributed by atoms with Gasteiger partial charge >= 0.3 is 0 Å². The van der Waals surface area contributed by atoms with Crippen molar-refractivity contribution >= 4 is 13.8 Å². The molecule has 0 bridgehead atoms. The van der Waals surface area contributed by atoms with Crippen LogP contribution in [0.5, 0.6) is 0 Å². The molecule has 0 aromatic heterocycles. The van der Waals surface area contributed by atoms with Crippen molar-refractivity contribution in [2.75, 3.05) is 0 Å². The zero-order chi connectivity index (χ0) is 19.5. The lowest BCUT2D eigenvalue weighted by Crippen LogP contribution is -2.43. The molecule has 1 nitrogen and oxygen atoms in total. The molecule has 2 rings (SSSR count). The first kappa shape index (κ1) is 21.0. The minimum Gasteiger partial charge on any atom is -0.284 e. The summed E-state index contributed by atoms with van der Waals surface area (Å²) in [5.41, 5.74) is 8.42. The second-order valence-corrected chi connectivity index (χ2v) is 14.9. The molecule has 142 valence electrons. The molecule has 0 aliphatic carbocycles. The summed E-state index contributed by atoms with van der Waals surface area (Å²) in [7, 11) is -1.68. The first-order valence-corrected chi connectivity index (χ1v) is 12.5. The predicted molar refractivity (Wildman–Crippen MR) is 119 cm³/mol. The van der Waals surface area contributed by atoms with E-state index >= 15 is 0 Å². The molecule has 0 radical (unpaired) electrons. The molecule has 1 heterocycles. The summed E-state index contributed by atoms with van der Waals surface area (Å²) in [6.07, 6.45) is 2.19. The Morgan fingerprint density at radius 2 is 1.50 bits per heavy atom. The van der Waals surface area contributed by atoms with Gasteiger partial charge in [0.1, 0.15) is 8.07 Å². The number of nitrogens with zero attached hydrogens (tertiary/aromatic N) is 1. The monoisotopic (exact) mass is 367 g/mol. The molecule has 0 N–H and O–H groups in total. The molecule has 0 saturated carbocycles. The largest absolute Gasteiger partial charge is 0.284 e. The van der Waals surface area contributed by atoms with Gasteiger partial charge in [0.25, 0.3) is 0 Å². The van der Waals surface area contributed by atoms with E-state index in [1.165, 1.54) is 11.3 Å². The Balaban J connectivity index is 2.32. The van der Waals surface area contributed by atoms with Crippen LogP contribution in [0.25, 0.3) is 0 Å². The highest BCUT2D eigenvalue weighted by atomic mass is 28.3. The van der Waals surface area contributed by atoms with Crippen LogP contribution in [0, 0.1) is 16.9 Å². The van der Waals surface area contributed by atoms with Gasteiger partial charge in [0.05, 0.1) is 6.04 Å². The molecule has 2 heteroatoms. The van der Waals surface area contributed by atoms with Crippen LogP contribution in [-0.4, -0.2) is 19.8 Å². The fraction of sp³-hybridized carbons (Fsp3) is 0.625. The van der Waals surface area contributed by atoms with Crippen molar-refractivity contribution in [2.24, 2.45) is 10.4 Å². The topological polar surface area (TPSA) is 12.4 Å². The zero-order valence-corrected chi connectivity index (χ0v) is 19.1. The van der Waals surface area contributed by atoms with Gasteiger partial charge in [-0.2, -0.15) is 0 Å². The van der Waals surface area contributed by atoms with Crippen LogP contribution in [0.2, 0.25) is 16.6 Å². The van der Waals surface area contributed by atoms with Crippen molar-refractivity contribution < 1.29 is 0 Å². The molecular formula is C24H37NSi. The number of hydrogen-bond acceptors (Lipinski definition) is 1. The van der Waals surface area contributed by atoms with Crippen molar-refractivity contribution in [3.63, 3.8) is 0 Å². The van der Waals surface area contributed by atoms with Crippen LogP contribution in [-0.2, 0) is 0 Å². The van der Waals surface area contributed by atoms with Gasteiger partial charge in [0, 0.05) is 11.1 Å². The lowest BCUT2D eigenvalue weighted by atomic mass is 9.84. The Hall–Kier alpha value is -1.33. The van der Waals surface area contributed by atoms with Gasteiger partial charge in [-0.15, -0.1) is 11.5 Å². The second-order valence-electron chi connectivity index (χ2n) is 9.37. The minimum atomic E-state index is -1.68. The lowest BCUT2D eigenvalue weighted by Gasteiger charge is -2.38. The van der Waals surface area contributed by atoms with Crippen molar-refractivity contribution in [3.8, 4) is 11.5 Å². The van der Waals surface area contributed by atoms with E-state index in [-0.39, 0.29) is 5.41 Å². The lowest BCUT2D eigenvalue weighted by molar-refractivity contribution is 0.389. The third kappa shape index (κ3) is 4.15. The maximum Gasteiger partial charge on any atom is 0.145 e. The van der Waals surface area contributed by atoms with E-state index in [1.807, 2.05) is 0 Å². The summed E-state index contributed by atoms with van der Waals surface area (Å²) in [4.78, 5) is 5.09. The van der Waals surface area contributed by atoms with Crippen molar-refractivity contribution in [3.05, 3.63) is 35.9 Å². The summed E-state index contributed by atoms with van der Waals surface area (Å²) in [5, 5.41) is 0. The van der Waals surface area contributed by atoms with E-state index in [1.54, 1.807) is 0 Å². The van der Waals surface area contributed by atoms with Gasteiger partial charge in [-0.3, -0.25) is 4.99 Å².